The number of aromatic nitrogens is 2. The van der Waals surface area contributed by atoms with E-state index in [9.17, 15) is 4.79 Å². The Hall–Kier alpha value is -3.53. The number of nitrogens with one attached hydrogen (secondary N) is 3. The predicted molar refractivity (Wildman–Crippen MR) is 132 cm³/mol. The zero-order valence-electron chi connectivity index (χ0n) is 20.0. The molecule has 2 heterocycles. The molecule has 0 radical (unpaired) electrons. The first kappa shape index (κ1) is 22.3. The molecule has 3 aliphatic carbocycles. The highest BCUT2D eigenvalue weighted by atomic mass is 16.5. The smallest absolute Gasteiger partial charge is 0.247 e. The van der Waals surface area contributed by atoms with E-state index in [0.717, 1.165) is 31.6 Å². The fraction of sp³-hybridized carbons (Fsp3) is 0.458. The van der Waals surface area contributed by atoms with Crippen LogP contribution in [-0.2, 0) is 4.79 Å². The summed E-state index contributed by atoms with van der Waals surface area (Å²) in [5.74, 6) is 2.76. The van der Waals surface area contributed by atoms with Crippen LogP contribution in [0.15, 0.2) is 31.0 Å². The van der Waals surface area contributed by atoms with Crippen LogP contribution >= 0.6 is 0 Å². The third-order valence-corrected chi connectivity index (χ3v) is 6.90. The van der Waals surface area contributed by atoms with Crippen LogP contribution in [-0.4, -0.2) is 73.8 Å². The van der Waals surface area contributed by atoms with Crippen molar-refractivity contribution in [1.82, 2.24) is 14.9 Å². The maximum Gasteiger partial charge on any atom is 0.247 e. The zero-order valence-corrected chi connectivity index (χ0v) is 20.0. The monoisotopic (exact) mass is 465 g/mol. The molecule has 1 aliphatic heterocycles. The number of likely N-dealkylation sites (N-methyl/N-ethyl adjacent to an activating group) is 2. The molecule has 10 nitrogen and oxygen atoms in total. The summed E-state index contributed by atoms with van der Waals surface area (Å²) in [6.45, 7) is 5.19. The fourth-order valence-corrected chi connectivity index (χ4v) is 4.84. The van der Waals surface area contributed by atoms with E-state index >= 15 is 0 Å². The Balaban J connectivity index is 1.43. The molecule has 0 unspecified atom stereocenters. The number of amides is 1. The van der Waals surface area contributed by atoms with E-state index in [0.29, 0.717) is 40.6 Å². The van der Waals surface area contributed by atoms with Crippen molar-refractivity contribution in [3.63, 3.8) is 0 Å². The van der Waals surface area contributed by atoms with Crippen LogP contribution in [0.25, 0.3) is 0 Å². The SMILES string of the molecule is C=CC(=O)Nc1cc(Nc2ncc3c(n2)NC24CC(C2)[C@@H]4O3)c(OC)cc1N(C)CCN(C)C. The predicted octanol–water partition coefficient (Wildman–Crippen LogP) is 2.69. The van der Waals surface area contributed by atoms with Gasteiger partial charge in [0.2, 0.25) is 11.9 Å². The lowest BCUT2D eigenvalue weighted by molar-refractivity contribution is -0.150. The topological polar surface area (TPSA) is 104 Å². The van der Waals surface area contributed by atoms with Crippen LogP contribution in [0.3, 0.4) is 0 Å². The summed E-state index contributed by atoms with van der Waals surface area (Å²) < 4.78 is 11.8. The van der Waals surface area contributed by atoms with Crippen molar-refractivity contribution in [1.29, 1.82) is 0 Å². The van der Waals surface area contributed by atoms with Crippen molar-refractivity contribution in [3.05, 3.63) is 31.0 Å². The van der Waals surface area contributed by atoms with Crippen LogP contribution in [0.4, 0.5) is 28.8 Å². The molecule has 0 saturated heterocycles. The van der Waals surface area contributed by atoms with Gasteiger partial charge in [0.05, 0.1) is 35.9 Å². The molecule has 3 N–H and O–H groups in total. The summed E-state index contributed by atoms with van der Waals surface area (Å²) in [7, 11) is 7.63. The maximum atomic E-state index is 12.1. The number of rotatable bonds is 9. The molecule has 34 heavy (non-hydrogen) atoms. The first-order chi connectivity index (χ1) is 16.3. The second-order valence-corrected chi connectivity index (χ2v) is 9.51. The van der Waals surface area contributed by atoms with Crippen molar-refractivity contribution in [2.24, 2.45) is 5.92 Å². The average Bonchev–Trinajstić information content (AvgIpc) is 2.78. The molecule has 2 aromatic rings. The minimum Gasteiger partial charge on any atom is -0.494 e. The summed E-state index contributed by atoms with van der Waals surface area (Å²) >= 11 is 0. The number of carbonyl (C=O) groups is 1. The summed E-state index contributed by atoms with van der Waals surface area (Å²) in [6.07, 6.45) is 5.45. The molecular formula is C24H31N7O3. The molecule has 1 aromatic heterocycles. The van der Waals surface area contributed by atoms with Gasteiger partial charge in [-0.25, -0.2) is 4.98 Å². The molecule has 3 fully saturated rings. The number of benzene rings is 1. The third-order valence-electron chi connectivity index (χ3n) is 6.90. The van der Waals surface area contributed by atoms with Gasteiger partial charge in [-0.1, -0.05) is 6.58 Å². The lowest BCUT2D eigenvalue weighted by Crippen LogP contribution is -2.78. The lowest BCUT2D eigenvalue weighted by Gasteiger charge is -2.68. The minimum atomic E-state index is -0.294. The van der Waals surface area contributed by atoms with Crippen molar-refractivity contribution < 1.29 is 14.3 Å². The van der Waals surface area contributed by atoms with E-state index in [2.05, 4.69) is 42.3 Å². The van der Waals surface area contributed by atoms with Gasteiger partial charge in [0.25, 0.3) is 0 Å². The van der Waals surface area contributed by atoms with Crippen LogP contribution in [0, 0.1) is 5.92 Å². The molecule has 4 aliphatic rings. The van der Waals surface area contributed by atoms with Crippen LogP contribution in [0.1, 0.15) is 12.8 Å². The van der Waals surface area contributed by atoms with Gasteiger partial charge < -0.3 is 35.2 Å². The van der Waals surface area contributed by atoms with Crippen molar-refractivity contribution >= 4 is 34.7 Å². The molecule has 1 spiro atoms. The summed E-state index contributed by atoms with van der Waals surface area (Å²) in [6, 6.07) is 3.72. The number of carbonyl (C=O) groups excluding carboxylic acids is 1. The highest BCUT2D eigenvalue weighted by molar-refractivity contribution is 6.02. The maximum absolute atomic E-state index is 12.1. The molecule has 2 bridgehead atoms. The Morgan fingerprint density at radius 1 is 1.32 bits per heavy atom. The number of hydrogen-bond donors (Lipinski definition) is 3. The Morgan fingerprint density at radius 3 is 2.76 bits per heavy atom. The van der Waals surface area contributed by atoms with Gasteiger partial charge in [0.15, 0.2) is 11.6 Å². The fourth-order valence-electron chi connectivity index (χ4n) is 4.84. The number of nitrogens with zero attached hydrogens (tertiary/aromatic N) is 4. The van der Waals surface area contributed by atoms with Crippen LogP contribution in [0.5, 0.6) is 11.5 Å². The average molecular weight is 466 g/mol. The molecule has 180 valence electrons. The molecule has 1 atom stereocenters. The second-order valence-electron chi connectivity index (χ2n) is 9.51. The Morgan fingerprint density at radius 2 is 2.12 bits per heavy atom. The summed E-state index contributed by atoms with van der Waals surface area (Å²) in [5, 5.41) is 9.71. The van der Waals surface area contributed by atoms with Gasteiger partial charge >= 0.3 is 0 Å². The number of anilines is 5. The lowest BCUT2D eigenvalue weighted by atomic mass is 9.47. The van der Waals surface area contributed by atoms with Gasteiger partial charge in [0.1, 0.15) is 11.9 Å². The highest BCUT2D eigenvalue weighted by Crippen LogP contribution is 2.62. The molecular weight excluding hydrogens is 434 g/mol. The van der Waals surface area contributed by atoms with E-state index in [1.165, 1.54) is 6.08 Å². The summed E-state index contributed by atoms with van der Waals surface area (Å²) in [5.41, 5.74) is 2.13. The number of fused-ring (bicyclic) bond motifs is 1. The van der Waals surface area contributed by atoms with Crippen molar-refractivity contribution in [2.45, 2.75) is 24.5 Å². The van der Waals surface area contributed by atoms with E-state index in [1.54, 1.807) is 13.3 Å². The standard InChI is InChI=1S/C24H31N7O3/c1-6-20(32)26-15-9-16(18(33-5)10-17(15)31(4)8-7-30(2)3)27-23-25-13-19-22(28-23)29-24-11-14(12-24)21(24)34-19/h6,9-10,13-14,21H,1,7-8,11-12H2,2-5H3,(H,26,32)(H2,25,27,28,29)/t14?,21-,24?/m0/s1. The quantitative estimate of drug-likeness (QED) is 0.482. The van der Waals surface area contributed by atoms with E-state index < -0.39 is 0 Å². The number of hydrogen-bond acceptors (Lipinski definition) is 9. The first-order valence-corrected chi connectivity index (χ1v) is 11.4. The van der Waals surface area contributed by atoms with Crippen LogP contribution in [0.2, 0.25) is 0 Å². The van der Waals surface area contributed by atoms with Crippen molar-refractivity contribution in [3.8, 4) is 11.5 Å². The van der Waals surface area contributed by atoms with Gasteiger partial charge in [-0.05, 0) is 39.1 Å². The van der Waals surface area contributed by atoms with Gasteiger partial charge in [-0.2, -0.15) is 4.98 Å². The molecule has 3 saturated carbocycles. The van der Waals surface area contributed by atoms with Gasteiger partial charge in [-0.3, -0.25) is 4.79 Å². The zero-order chi connectivity index (χ0) is 24.0. The van der Waals surface area contributed by atoms with Crippen LogP contribution < -0.4 is 30.3 Å². The third kappa shape index (κ3) is 3.77. The summed E-state index contributed by atoms with van der Waals surface area (Å²) in [4.78, 5) is 25.4. The second kappa shape index (κ2) is 8.35. The van der Waals surface area contributed by atoms with E-state index in [-0.39, 0.29) is 17.6 Å². The normalized spacial score (nSPS) is 23.2. The molecule has 10 heteroatoms. The Kier molecular flexibility index (Phi) is 5.47. The van der Waals surface area contributed by atoms with Crippen molar-refractivity contribution in [2.75, 3.05) is 62.2 Å². The Labute approximate surface area is 199 Å². The molecule has 6 rings (SSSR count). The molecule has 1 aromatic carbocycles. The van der Waals surface area contributed by atoms with E-state index in [4.69, 9.17) is 9.47 Å². The number of methoxy groups -OCH3 is 1. The number of ether oxygens (including phenoxy) is 2. The largest absolute Gasteiger partial charge is 0.494 e. The van der Waals surface area contributed by atoms with E-state index in [1.807, 2.05) is 33.3 Å². The van der Waals surface area contributed by atoms with Gasteiger partial charge in [0, 0.05) is 32.1 Å². The Bertz CT molecular complexity index is 1130. The first-order valence-electron chi connectivity index (χ1n) is 11.4. The molecule has 1 amide bonds. The minimum absolute atomic E-state index is 0.0436. The van der Waals surface area contributed by atoms with Gasteiger partial charge in [-0.15, -0.1) is 0 Å². The highest BCUT2D eigenvalue weighted by Gasteiger charge is 2.69.